The molecule has 0 radical (unpaired) electrons. The molecule has 68 valence electrons. The fraction of sp³-hybridized carbons (Fsp3) is 0.375. The molecule has 0 saturated carbocycles. The summed E-state index contributed by atoms with van der Waals surface area (Å²) in [5.74, 6) is 1.21. The summed E-state index contributed by atoms with van der Waals surface area (Å²) in [7, 11) is 0. The summed E-state index contributed by atoms with van der Waals surface area (Å²) in [6.07, 6.45) is 1.49. The van der Waals surface area contributed by atoms with E-state index in [0.29, 0.717) is 5.92 Å². The Bertz CT molecular complexity index is 377. The number of nitrogens with zero attached hydrogens (tertiary/aromatic N) is 3. The van der Waals surface area contributed by atoms with Gasteiger partial charge in [0, 0.05) is 5.38 Å². The van der Waals surface area contributed by atoms with E-state index in [-0.39, 0.29) is 0 Å². The van der Waals surface area contributed by atoms with Crippen LogP contribution in [0.5, 0.6) is 0 Å². The van der Waals surface area contributed by atoms with E-state index in [1.54, 1.807) is 11.3 Å². The van der Waals surface area contributed by atoms with Crippen molar-refractivity contribution in [2.75, 3.05) is 0 Å². The van der Waals surface area contributed by atoms with Crippen LogP contribution >= 0.6 is 11.3 Å². The van der Waals surface area contributed by atoms with E-state index in [2.05, 4.69) is 39.4 Å². The van der Waals surface area contributed by atoms with Crippen LogP contribution in [-0.2, 0) is 0 Å². The van der Waals surface area contributed by atoms with Crippen molar-refractivity contribution in [1.82, 2.24) is 20.2 Å². The first-order valence-electron chi connectivity index (χ1n) is 4.08. The Morgan fingerprint density at radius 1 is 1.46 bits per heavy atom. The van der Waals surface area contributed by atoms with Crippen molar-refractivity contribution in [3.05, 3.63) is 17.4 Å². The Morgan fingerprint density at radius 3 is 2.85 bits per heavy atom. The number of hydrogen-bond donors (Lipinski definition) is 1. The van der Waals surface area contributed by atoms with Crippen molar-refractivity contribution < 1.29 is 0 Å². The number of nitrogens with one attached hydrogen (secondary N) is 1. The average Bonchev–Trinajstić information content (AvgIpc) is 2.75. The number of H-pyrrole nitrogens is 1. The van der Waals surface area contributed by atoms with Crippen LogP contribution in [0.1, 0.15) is 25.5 Å². The smallest absolute Gasteiger partial charge is 0.184 e. The highest BCUT2D eigenvalue weighted by Crippen LogP contribution is 2.23. The maximum Gasteiger partial charge on any atom is 0.184 e. The van der Waals surface area contributed by atoms with Gasteiger partial charge in [0.1, 0.15) is 6.33 Å². The normalized spacial score (nSPS) is 11.0. The molecule has 0 aliphatic carbocycles. The third-order valence-corrected chi connectivity index (χ3v) is 2.60. The van der Waals surface area contributed by atoms with Crippen molar-refractivity contribution in [2.24, 2.45) is 0 Å². The molecule has 0 aliphatic heterocycles. The summed E-state index contributed by atoms with van der Waals surface area (Å²) >= 11 is 1.59. The second-order valence-electron chi connectivity index (χ2n) is 3.07. The van der Waals surface area contributed by atoms with Gasteiger partial charge in [-0.3, -0.25) is 5.10 Å². The van der Waals surface area contributed by atoms with Gasteiger partial charge in [0.15, 0.2) is 10.8 Å². The minimum Gasteiger partial charge on any atom is -0.257 e. The van der Waals surface area contributed by atoms with Gasteiger partial charge in [-0.1, -0.05) is 13.8 Å². The first-order valence-corrected chi connectivity index (χ1v) is 4.96. The fourth-order valence-electron chi connectivity index (χ4n) is 0.969. The van der Waals surface area contributed by atoms with Crippen LogP contribution in [0.15, 0.2) is 11.7 Å². The number of thiazole rings is 1. The molecule has 2 aromatic heterocycles. The highest BCUT2D eigenvalue weighted by Gasteiger charge is 2.08. The maximum atomic E-state index is 4.44. The van der Waals surface area contributed by atoms with Gasteiger partial charge >= 0.3 is 0 Å². The molecule has 0 fully saturated rings. The molecule has 0 spiro atoms. The van der Waals surface area contributed by atoms with E-state index >= 15 is 0 Å². The van der Waals surface area contributed by atoms with Gasteiger partial charge in [-0.05, 0) is 5.92 Å². The van der Waals surface area contributed by atoms with Gasteiger partial charge < -0.3 is 0 Å². The molecule has 0 bridgehead atoms. The van der Waals surface area contributed by atoms with E-state index in [1.807, 2.05) is 0 Å². The SMILES string of the molecule is CC(C)c1csc(-c2ncn[nH]2)n1. The van der Waals surface area contributed by atoms with Gasteiger partial charge in [0.2, 0.25) is 0 Å². The standard InChI is InChI=1S/C8H10N4S/c1-5(2)6-3-13-8(11-6)7-9-4-10-12-7/h3-5H,1-2H3,(H,9,10,12). The molecule has 0 saturated heterocycles. The summed E-state index contributed by atoms with van der Waals surface area (Å²) in [4.78, 5) is 8.48. The van der Waals surface area contributed by atoms with Crippen molar-refractivity contribution in [2.45, 2.75) is 19.8 Å². The molecular formula is C8H10N4S. The van der Waals surface area contributed by atoms with Crippen molar-refractivity contribution in [3.8, 4) is 10.8 Å². The monoisotopic (exact) mass is 194 g/mol. The van der Waals surface area contributed by atoms with E-state index in [4.69, 9.17) is 0 Å². The molecule has 4 nitrogen and oxygen atoms in total. The molecular weight excluding hydrogens is 184 g/mol. The lowest BCUT2D eigenvalue weighted by Crippen LogP contribution is -1.87. The van der Waals surface area contributed by atoms with E-state index in [0.717, 1.165) is 16.5 Å². The van der Waals surface area contributed by atoms with Crippen LogP contribution in [-0.4, -0.2) is 20.2 Å². The Labute approximate surface area is 80.1 Å². The summed E-state index contributed by atoms with van der Waals surface area (Å²) in [5, 5.41) is 9.54. The van der Waals surface area contributed by atoms with Crippen LogP contribution < -0.4 is 0 Å². The minimum atomic E-state index is 0.466. The van der Waals surface area contributed by atoms with Gasteiger partial charge in [0.05, 0.1) is 5.69 Å². The molecule has 13 heavy (non-hydrogen) atoms. The lowest BCUT2D eigenvalue weighted by molar-refractivity contribution is 0.833. The van der Waals surface area contributed by atoms with E-state index in [1.165, 1.54) is 6.33 Å². The number of rotatable bonds is 2. The molecule has 2 rings (SSSR count). The first kappa shape index (κ1) is 8.37. The fourth-order valence-corrected chi connectivity index (χ4v) is 1.89. The molecule has 5 heteroatoms. The zero-order valence-electron chi connectivity index (χ0n) is 7.48. The van der Waals surface area contributed by atoms with Crippen molar-refractivity contribution in [3.63, 3.8) is 0 Å². The van der Waals surface area contributed by atoms with Crippen LogP contribution in [0.3, 0.4) is 0 Å². The molecule has 2 aromatic rings. The summed E-state index contributed by atoms with van der Waals surface area (Å²) < 4.78 is 0. The largest absolute Gasteiger partial charge is 0.257 e. The second-order valence-corrected chi connectivity index (χ2v) is 3.92. The second kappa shape index (κ2) is 3.26. The highest BCUT2D eigenvalue weighted by atomic mass is 32.1. The molecule has 2 heterocycles. The zero-order chi connectivity index (χ0) is 9.26. The predicted molar refractivity (Wildman–Crippen MR) is 51.6 cm³/mol. The Kier molecular flexibility index (Phi) is 2.10. The van der Waals surface area contributed by atoms with Gasteiger partial charge in [-0.25, -0.2) is 9.97 Å². The third-order valence-electron chi connectivity index (χ3n) is 1.73. The summed E-state index contributed by atoms with van der Waals surface area (Å²) in [6.45, 7) is 4.25. The minimum absolute atomic E-state index is 0.466. The van der Waals surface area contributed by atoms with Crippen LogP contribution in [0.4, 0.5) is 0 Å². The third kappa shape index (κ3) is 1.60. The summed E-state index contributed by atoms with van der Waals surface area (Å²) in [6, 6.07) is 0. The predicted octanol–water partition coefficient (Wildman–Crippen LogP) is 2.05. The highest BCUT2D eigenvalue weighted by molar-refractivity contribution is 7.13. The Morgan fingerprint density at radius 2 is 2.31 bits per heavy atom. The van der Waals surface area contributed by atoms with Crippen molar-refractivity contribution in [1.29, 1.82) is 0 Å². The lowest BCUT2D eigenvalue weighted by Gasteiger charge is -1.95. The Hall–Kier alpha value is -1.23. The van der Waals surface area contributed by atoms with Gasteiger partial charge in [-0.15, -0.1) is 11.3 Å². The number of hydrogen-bond acceptors (Lipinski definition) is 4. The zero-order valence-corrected chi connectivity index (χ0v) is 8.30. The quantitative estimate of drug-likeness (QED) is 0.796. The molecule has 0 atom stereocenters. The van der Waals surface area contributed by atoms with Crippen LogP contribution in [0, 0.1) is 0 Å². The van der Waals surface area contributed by atoms with E-state index in [9.17, 15) is 0 Å². The van der Waals surface area contributed by atoms with Crippen LogP contribution in [0.25, 0.3) is 10.8 Å². The average molecular weight is 194 g/mol. The molecule has 0 amide bonds. The van der Waals surface area contributed by atoms with E-state index < -0.39 is 0 Å². The molecule has 0 unspecified atom stereocenters. The molecule has 1 N–H and O–H groups in total. The van der Waals surface area contributed by atoms with Gasteiger partial charge in [-0.2, -0.15) is 5.10 Å². The molecule has 0 aliphatic rings. The topological polar surface area (TPSA) is 54.5 Å². The maximum absolute atomic E-state index is 4.44. The Balaban J connectivity index is 2.33. The lowest BCUT2D eigenvalue weighted by atomic mass is 10.2. The number of aromatic amines is 1. The van der Waals surface area contributed by atoms with Crippen molar-refractivity contribution >= 4 is 11.3 Å². The molecule has 0 aromatic carbocycles. The van der Waals surface area contributed by atoms with Gasteiger partial charge in [0.25, 0.3) is 0 Å². The number of aromatic nitrogens is 4. The van der Waals surface area contributed by atoms with Crippen LogP contribution in [0.2, 0.25) is 0 Å². The summed E-state index contributed by atoms with van der Waals surface area (Å²) in [5.41, 5.74) is 1.11. The first-order chi connectivity index (χ1) is 6.27.